The Morgan fingerprint density at radius 2 is 1.70 bits per heavy atom. The molecule has 0 heterocycles. The molecule has 1 N–H and O–H groups in total. The van der Waals surface area contributed by atoms with Gasteiger partial charge in [0.05, 0.1) is 0 Å². The molecule has 2 rings (SSSR count). The van der Waals surface area contributed by atoms with Crippen LogP contribution in [0.3, 0.4) is 0 Å². The Hall–Kier alpha value is -0.530. The summed E-state index contributed by atoms with van der Waals surface area (Å²) in [5.74, 6) is 1.76. The first kappa shape index (κ1) is 15.9. The summed E-state index contributed by atoms with van der Waals surface area (Å²) in [7, 11) is 0. The highest BCUT2D eigenvalue weighted by atomic mass is 35.5. The maximum Gasteiger partial charge on any atom is 0.0406 e. The summed E-state index contributed by atoms with van der Waals surface area (Å²) in [4.78, 5) is 0. The Kier molecular flexibility index (Phi) is 5.92. The lowest BCUT2D eigenvalue weighted by atomic mass is 9.89. The molecule has 0 radical (unpaired) electrons. The van der Waals surface area contributed by atoms with Gasteiger partial charge in [-0.05, 0) is 55.7 Å². The fourth-order valence-electron chi connectivity index (χ4n) is 3.36. The van der Waals surface area contributed by atoms with Gasteiger partial charge in [-0.3, -0.25) is 0 Å². The van der Waals surface area contributed by atoms with Crippen LogP contribution in [-0.4, -0.2) is 6.04 Å². The van der Waals surface area contributed by atoms with Crippen molar-refractivity contribution in [2.24, 2.45) is 11.8 Å². The quantitative estimate of drug-likeness (QED) is 0.713. The third-order valence-corrected chi connectivity index (χ3v) is 5.06. The molecule has 0 aliphatic heterocycles. The zero-order chi connectivity index (χ0) is 14.5. The number of benzene rings is 1. The minimum atomic E-state index is 0.410. The van der Waals surface area contributed by atoms with E-state index in [0.717, 1.165) is 16.9 Å². The summed E-state index contributed by atoms with van der Waals surface area (Å²) >= 11 is 5.96. The molecule has 0 saturated heterocycles. The summed E-state index contributed by atoms with van der Waals surface area (Å²) in [6, 6.07) is 9.31. The Balaban J connectivity index is 1.88. The topological polar surface area (TPSA) is 12.0 Å². The van der Waals surface area contributed by atoms with Crippen LogP contribution in [0.25, 0.3) is 0 Å². The highest BCUT2D eigenvalue weighted by Crippen LogP contribution is 2.29. The van der Waals surface area contributed by atoms with Gasteiger partial charge in [0.2, 0.25) is 0 Å². The molecule has 0 spiro atoms. The van der Waals surface area contributed by atoms with E-state index in [0.29, 0.717) is 12.1 Å². The van der Waals surface area contributed by atoms with Crippen LogP contribution in [0.15, 0.2) is 24.3 Å². The van der Waals surface area contributed by atoms with E-state index in [9.17, 15) is 0 Å². The van der Waals surface area contributed by atoms with Gasteiger partial charge in [0.1, 0.15) is 0 Å². The normalized spacial score (nSPS) is 25.4. The van der Waals surface area contributed by atoms with Gasteiger partial charge in [-0.1, -0.05) is 50.4 Å². The third kappa shape index (κ3) is 4.49. The van der Waals surface area contributed by atoms with Gasteiger partial charge in [0.15, 0.2) is 0 Å². The van der Waals surface area contributed by atoms with E-state index < -0.39 is 0 Å². The zero-order valence-corrected chi connectivity index (χ0v) is 13.8. The summed E-state index contributed by atoms with van der Waals surface area (Å²) in [5.41, 5.74) is 1.33. The molecule has 1 aromatic rings. The van der Waals surface area contributed by atoms with Gasteiger partial charge in [-0.25, -0.2) is 0 Å². The lowest BCUT2D eigenvalue weighted by molar-refractivity contribution is 0.335. The second-order valence-corrected chi connectivity index (χ2v) is 7.09. The SMILES string of the molecule is CC(C)C1CCCC(N[C@H](C)c2ccc(Cl)cc2)CC1. The van der Waals surface area contributed by atoms with Crippen LogP contribution in [0.1, 0.15) is 64.5 Å². The van der Waals surface area contributed by atoms with Crippen LogP contribution in [0.2, 0.25) is 5.02 Å². The van der Waals surface area contributed by atoms with Gasteiger partial charge in [0, 0.05) is 17.1 Å². The van der Waals surface area contributed by atoms with Gasteiger partial charge in [-0.15, -0.1) is 0 Å². The fourth-order valence-corrected chi connectivity index (χ4v) is 3.49. The van der Waals surface area contributed by atoms with Crippen molar-refractivity contribution in [2.75, 3.05) is 0 Å². The van der Waals surface area contributed by atoms with Gasteiger partial charge in [-0.2, -0.15) is 0 Å². The fraction of sp³-hybridized carbons (Fsp3) is 0.667. The zero-order valence-electron chi connectivity index (χ0n) is 13.0. The lowest BCUT2D eigenvalue weighted by Crippen LogP contribution is -2.31. The van der Waals surface area contributed by atoms with E-state index in [-0.39, 0.29) is 0 Å². The minimum Gasteiger partial charge on any atom is -0.307 e. The first-order chi connectivity index (χ1) is 9.56. The molecule has 0 amide bonds. The van der Waals surface area contributed by atoms with Crippen molar-refractivity contribution in [1.29, 1.82) is 0 Å². The van der Waals surface area contributed by atoms with Crippen molar-refractivity contribution in [3.63, 3.8) is 0 Å². The van der Waals surface area contributed by atoms with Crippen molar-refractivity contribution in [2.45, 2.75) is 65.0 Å². The third-order valence-electron chi connectivity index (χ3n) is 4.81. The van der Waals surface area contributed by atoms with Gasteiger partial charge < -0.3 is 5.32 Å². The van der Waals surface area contributed by atoms with Crippen LogP contribution in [0, 0.1) is 11.8 Å². The van der Waals surface area contributed by atoms with Gasteiger partial charge in [0.25, 0.3) is 0 Å². The number of nitrogens with one attached hydrogen (secondary N) is 1. The van der Waals surface area contributed by atoms with Crippen molar-refractivity contribution < 1.29 is 0 Å². The highest BCUT2D eigenvalue weighted by molar-refractivity contribution is 6.30. The minimum absolute atomic E-state index is 0.410. The highest BCUT2D eigenvalue weighted by Gasteiger charge is 2.22. The van der Waals surface area contributed by atoms with Crippen molar-refractivity contribution in [3.05, 3.63) is 34.9 Å². The second kappa shape index (κ2) is 7.47. The molecule has 2 heteroatoms. The number of rotatable bonds is 4. The van der Waals surface area contributed by atoms with Gasteiger partial charge >= 0.3 is 0 Å². The Labute approximate surface area is 129 Å². The monoisotopic (exact) mass is 293 g/mol. The summed E-state index contributed by atoms with van der Waals surface area (Å²) in [5, 5.41) is 4.63. The van der Waals surface area contributed by atoms with E-state index >= 15 is 0 Å². The van der Waals surface area contributed by atoms with Crippen molar-refractivity contribution in [1.82, 2.24) is 5.32 Å². The maximum atomic E-state index is 5.96. The van der Waals surface area contributed by atoms with Crippen LogP contribution in [0.4, 0.5) is 0 Å². The molecule has 0 aromatic heterocycles. The van der Waals surface area contributed by atoms with E-state index in [2.05, 4.69) is 38.2 Å². The molecule has 1 aromatic carbocycles. The van der Waals surface area contributed by atoms with Crippen LogP contribution in [-0.2, 0) is 0 Å². The van der Waals surface area contributed by atoms with E-state index in [1.165, 1.54) is 37.7 Å². The summed E-state index contributed by atoms with van der Waals surface area (Å²) < 4.78 is 0. The van der Waals surface area contributed by atoms with E-state index in [4.69, 9.17) is 11.6 Å². The van der Waals surface area contributed by atoms with E-state index in [1.54, 1.807) is 0 Å². The Bertz CT molecular complexity index is 398. The second-order valence-electron chi connectivity index (χ2n) is 6.65. The molecule has 1 nitrogen and oxygen atoms in total. The van der Waals surface area contributed by atoms with Crippen molar-refractivity contribution in [3.8, 4) is 0 Å². The molecule has 1 aliphatic rings. The standard InChI is InChI=1S/C18H28ClN/c1-13(2)15-5-4-6-18(12-9-15)20-14(3)16-7-10-17(19)11-8-16/h7-8,10-11,13-15,18,20H,4-6,9,12H2,1-3H3/t14-,15?,18?/m1/s1. The summed E-state index contributed by atoms with van der Waals surface area (Å²) in [6.07, 6.45) is 6.80. The number of hydrogen-bond donors (Lipinski definition) is 1. The van der Waals surface area contributed by atoms with Crippen LogP contribution in [0.5, 0.6) is 0 Å². The van der Waals surface area contributed by atoms with E-state index in [1.807, 2.05) is 12.1 Å². The molecular formula is C18H28ClN. The molecule has 1 fully saturated rings. The molecular weight excluding hydrogens is 266 g/mol. The lowest BCUT2D eigenvalue weighted by Gasteiger charge is -2.23. The molecule has 112 valence electrons. The molecule has 20 heavy (non-hydrogen) atoms. The average molecular weight is 294 g/mol. The molecule has 1 aliphatic carbocycles. The molecule has 1 saturated carbocycles. The predicted octanol–water partition coefficient (Wildman–Crippen LogP) is 5.60. The van der Waals surface area contributed by atoms with Crippen LogP contribution >= 0.6 is 11.6 Å². The largest absolute Gasteiger partial charge is 0.307 e. The predicted molar refractivity (Wildman–Crippen MR) is 88.2 cm³/mol. The maximum absolute atomic E-state index is 5.96. The Morgan fingerprint density at radius 1 is 1.00 bits per heavy atom. The van der Waals surface area contributed by atoms with Crippen LogP contribution < -0.4 is 5.32 Å². The average Bonchev–Trinajstić information content (AvgIpc) is 2.65. The number of hydrogen-bond acceptors (Lipinski definition) is 1. The molecule has 2 unspecified atom stereocenters. The summed E-state index contributed by atoms with van der Waals surface area (Å²) in [6.45, 7) is 7.00. The van der Waals surface area contributed by atoms with Crippen molar-refractivity contribution >= 4 is 11.6 Å². The smallest absolute Gasteiger partial charge is 0.0406 e. The molecule has 3 atom stereocenters. The molecule has 0 bridgehead atoms. The first-order valence-corrected chi connectivity index (χ1v) is 8.45. The Morgan fingerprint density at radius 3 is 2.35 bits per heavy atom. The number of halogens is 1. The first-order valence-electron chi connectivity index (χ1n) is 8.07.